The van der Waals surface area contributed by atoms with Crippen LogP contribution in [-0.2, 0) is 19.4 Å². The summed E-state index contributed by atoms with van der Waals surface area (Å²) in [5, 5.41) is 0. The standard InChI is InChI=1S/C30H28N2O/c1-2-23-14-18-27(19-15-23)33-21-20-32-29-11-7-6-10-28(29)31-30(32)22-24-12-16-26(17-13-24)25-8-4-3-5-9-25/h3-19H,2,20-22H2,1H3. The SMILES string of the molecule is CCc1ccc(OCCn2c(Cc3ccc(-c4ccccc4)cc3)nc3ccccc32)cc1. The van der Waals surface area contributed by atoms with Gasteiger partial charge in [0.15, 0.2) is 0 Å². The number of fused-ring (bicyclic) bond motifs is 1. The number of rotatable bonds is 8. The van der Waals surface area contributed by atoms with Gasteiger partial charge in [0.2, 0.25) is 0 Å². The number of para-hydroxylation sites is 2. The summed E-state index contributed by atoms with van der Waals surface area (Å²) in [6, 6.07) is 36.0. The van der Waals surface area contributed by atoms with Crippen LogP contribution in [0.25, 0.3) is 22.2 Å². The van der Waals surface area contributed by atoms with E-state index in [1.807, 2.05) is 12.1 Å². The summed E-state index contributed by atoms with van der Waals surface area (Å²) in [5.74, 6) is 1.98. The van der Waals surface area contributed by atoms with E-state index in [2.05, 4.69) is 102 Å². The van der Waals surface area contributed by atoms with Crippen LogP contribution >= 0.6 is 0 Å². The quantitative estimate of drug-likeness (QED) is 0.266. The highest BCUT2D eigenvalue weighted by molar-refractivity contribution is 5.76. The molecule has 0 fully saturated rings. The zero-order chi connectivity index (χ0) is 22.5. The predicted octanol–water partition coefficient (Wildman–Crippen LogP) is 6.94. The molecule has 5 rings (SSSR count). The number of ether oxygens (including phenoxy) is 1. The van der Waals surface area contributed by atoms with E-state index in [4.69, 9.17) is 9.72 Å². The van der Waals surface area contributed by atoms with E-state index in [9.17, 15) is 0 Å². The Labute approximate surface area is 195 Å². The number of hydrogen-bond acceptors (Lipinski definition) is 2. The van der Waals surface area contributed by atoms with E-state index in [1.165, 1.54) is 22.3 Å². The second-order valence-electron chi connectivity index (χ2n) is 8.25. The highest BCUT2D eigenvalue weighted by Gasteiger charge is 2.11. The van der Waals surface area contributed by atoms with Gasteiger partial charge in [-0.15, -0.1) is 0 Å². The molecule has 0 bridgehead atoms. The molecule has 0 saturated carbocycles. The van der Waals surface area contributed by atoms with Gasteiger partial charge in [0.05, 0.1) is 17.6 Å². The van der Waals surface area contributed by atoms with Gasteiger partial charge >= 0.3 is 0 Å². The van der Waals surface area contributed by atoms with Crippen molar-refractivity contribution in [1.82, 2.24) is 9.55 Å². The first-order valence-electron chi connectivity index (χ1n) is 11.6. The summed E-state index contributed by atoms with van der Waals surface area (Å²) < 4.78 is 8.34. The lowest BCUT2D eigenvalue weighted by Gasteiger charge is -2.12. The van der Waals surface area contributed by atoms with Gasteiger partial charge in [0.1, 0.15) is 18.2 Å². The zero-order valence-electron chi connectivity index (χ0n) is 18.9. The fourth-order valence-corrected chi connectivity index (χ4v) is 4.21. The Morgan fingerprint density at radius 2 is 1.36 bits per heavy atom. The molecule has 1 aromatic heterocycles. The molecule has 0 spiro atoms. The van der Waals surface area contributed by atoms with Gasteiger partial charge in [-0.2, -0.15) is 0 Å². The number of nitrogens with zero attached hydrogens (tertiary/aromatic N) is 2. The maximum absolute atomic E-state index is 6.05. The Kier molecular flexibility index (Phi) is 6.21. The van der Waals surface area contributed by atoms with Crippen molar-refractivity contribution < 1.29 is 4.74 Å². The summed E-state index contributed by atoms with van der Waals surface area (Å²) in [6.45, 7) is 3.52. The predicted molar refractivity (Wildman–Crippen MR) is 136 cm³/mol. The highest BCUT2D eigenvalue weighted by Crippen LogP contribution is 2.22. The molecule has 0 unspecified atom stereocenters. The highest BCUT2D eigenvalue weighted by atomic mass is 16.5. The third kappa shape index (κ3) is 4.83. The van der Waals surface area contributed by atoms with E-state index in [0.717, 1.165) is 42.0 Å². The van der Waals surface area contributed by atoms with Crippen LogP contribution in [-0.4, -0.2) is 16.2 Å². The molecule has 0 aliphatic rings. The second kappa shape index (κ2) is 9.74. The first-order valence-corrected chi connectivity index (χ1v) is 11.6. The Morgan fingerprint density at radius 3 is 2.12 bits per heavy atom. The minimum Gasteiger partial charge on any atom is -0.492 e. The summed E-state index contributed by atoms with van der Waals surface area (Å²) in [7, 11) is 0. The number of aryl methyl sites for hydroxylation is 1. The van der Waals surface area contributed by atoms with Crippen molar-refractivity contribution in [1.29, 1.82) is 0 Å². The van der Waals surface area contributed by atoms with E-state index in [1.54, 1.807) is 0 Å². The van der Waals surface area contributed by atoms with Crippen molar-refractivity contribution in [3.63, 3.8) is 0 Å². The molecule has 0 saturated heterocycles. The molecular formula is C30H28N2O. The molecule has 5 aromatic rings. The number of aromatic nitrogens is 2. The van der Waals surface area contributed by atoms with Crippen LogP contribution in [0.1, 0.15) is 23.9 Å². The molecular weight excluding hydrogens is 404 g/mol. The van der Waals surface area contributed by atoms with E-state index < -0.39 is 0 Å². The topological polar surface area (TPSA) is 27.1 Å². The average molecular weight is 433 g/mol. The molecule has 4 aromatic carbocycles. The number of imidazole rings is 1. The maximum atomic E-state index is 6.05. The number of benzene rings is 4. The summed E-state index contributed by atoms with van der Waals surface area (Å²) in [4.78, 5) is 4.94. The van der Waals surface area contributed by atoms with E-state index in [-0.39, 0.29) is 0 Å². The van der Waals surface area contributed by atoms with Crippen molar-refractivity contribution in [2.45, 2.75) is 26.3 Å². The van der Waals surface area contributed by atoms with Gasteiger partial charge in [0.25, 0.3) is 0 Å². The first-order chi connectivity index (χ1) is 16.3. The molecule has 33 heavy (non-hydrogen) atoms. The average Bonchev–Trinajstić information content (AvgIpc) is 3.22. The van der Waals surface area contributed by atoms with Crippen molar-refractivity contribution in [3.05, 3.63) is 120 Å². The Hall–Kier alpha value is -3.85. The molecule has 0 amide bonds. The summed E-state index contributed by atoms with van der Waals surface area (Å²) >= 11 is 0. The van der Waals surface area contributed by atoms with Crippen molar-refractivity contribution in [3.8, 4) is 16.9 Å². The van der Waals surface area contributed by atoms with Gasteiger partial charge in [-0.3, -0.25) is 0 Å². The number of hydrogen-bond donors (Lipinski definition) is 0. The molecule has 164 valence electrons. The maximum Gasteiger partial charge on any atom is 0.119 e. The lowest BCUT2D eigenvalue weighted by Crippen LogP contribution is -2.11. The van der Waals surface area contributed by atoms with Crippen LogP contribution in [0.15, 0.2) is 103 Å². The van der Waals surface area contributed by atoms with Crippen LogP contribution < -0.4 is 4.74 Å². The minimum atomic E-state index is 0.603. The van der Waals surface area contributed by atoms with Crippen LogP contribution in [0.3, 0.4) is 0 Å². The molecule has 0 N–H and O–H groups in total. The fourth-order valence-electron chi connectivity index (χ4n) is 4.21. The third-order valence-corrected chi connectivity index (χ3v) is 6.07. The minimum absolute atomic E-state index is 0.603. The summed E-state index contributed by atoms with van der Waals surface area (Å²) in [6.07, 6.45) is 1.83. The second-order valence-corrected chi connectivity index (χ2v) is 8.25. The van der Waals surface area contributed by atoms with E-state index >= 15 is 0 Å². The molecule has 0 aliphatic heterocycles. The Bertz CT molecular complexity index is 1320. The zero-order valence-corrected chi connectivity index (χ0v) is 18.9. The molecule has 1 heterocycles. The van der Waals surface area contributed by atoms with Crippen LogP contribution in [0.5, 0.6) is 5.75 Å². The first kappa shape index (κ1) is 21.0. The van der Waals surface area contributed by atoms with Crippen LogP contribution in [0.4, 0.5) is 0 Å². The summed E-state index contributed by atoms with van der Waals surface area (Å²) in [5.41, 5.74) is 7.22. The lowest BCUT2D eigenvalue weighted by molar-refractivity contribution is 0.298. The molecule has 0 radical (unpaired) electrons. The molecule has 3 nitrogen and oxygen atoms in total. The lowest BCUT2D eigenvalue weighted by atomic mass is 10.0. The Morgan fingerprint density at radius 1 is 0.697 bits per heavy atom. The van der Waals surface area contributed by atoms with Crippen LogP contribution in [0.2, 0.25) is 0 Å². The van der Waals surface area contributed by atoms with Gasteiger partial charge in [-0.25, -0.2) is 4.98 Å². The molecule has 0 atom stereocenters. The van der Waals surface area contributed by atoms with Crippen molar-refractivity contribution >= 4 is 11.0 Å². The van der Waals surface area contributed by atoms with Gasteiger partial charge < -0.3 is 9.30 Å². The van der Waals surface area contributed by atoms with Crippen molar-refractivity contribution in [2.75, 3.05) is 6.61 Å². The fraction of sp³-hybridized carbons (Fsp3) is 0.167. The molecule has 0 aliphatic carbocycles. The van der Waals surface area contributed by atoms with Crippen molar-refractivity contribution in [2.24, 2.45) is 0 Å². The van der Waals surface area contributed by atoms with Gasteiger partial charge in [-0.1, -0.05) is 85.8 Å². The normalized spacial score (nSPS) is 11.1. The van der Waals surface area contributed by atoms with Gasteiger partial charge in [-0.05, 0) is 52.9 Å². The van der Waals surface area contributed by atoms with E-state index in [0.29, 0.717) is 6.61 Å². The monoisotopic (exact) mass is 432 g/mol. The Balaban J connectivity index is 1.34. The van der Waals surface area contributed by atoms with Crippen LogP contribution in [0, 0.1) is 0 Å². The third-order valence-electron chi connectivity index (χ3n) is 6.07. The smallest absolute Gasteiger partial charge is 0.119 e. The largest absolute Gasteiger partial charge is 0.492 e. The van der Waals surface area contributed by atoms with Gasteiger partial charge in [0, 0.05) is 6.42 Å². The molecule has 3 heteroatoms.